The molecule has 0 spiro atoms. The van der Waals surface area contributed by atoms with Crippen LogP contribution in [0.25, 0.3) is 0 Å². The predicted octanol–water partition coefficient (Wildman–Crippen LogP) is 2.73. The highest BCUT2D eigenvalue weighted by Crippen LogP contribution is 2.17. The van der Waals surface area contributed by atoms with E-state index in [1.165, 1.54) is 0 Å². The number of anilines is 1. The molecule has 25 heavy (non-hydrogen) atoms. The minimum absolute atomic E-state index is 0.00852. The standard InChI is InChI=1S/C21H26N2O2/c1-15-11-16(2)13-18(12-15)23-21(24)20(17-7-4-3-5-8-17)22-14-19-9-6-10-25-19/h3-5,7-8,11-13,19-20,22H,6,9-10,14H2,1-2H3,(H,23,24)/p+1/t19-,20-/m0/s1. The van der Waals surface area contributed by atoms with Gasteiger partial charge in [0.25, 0.3) is 5.91 Å². The van der Waals surface area contributed by atoms with E-state index in [9.17, 15) is 4.79 Å². The number of carbonyl (C=O) groups excluding carboxylic acids is 1. The highest BCUT2D eigenvalue weighted by atomic mass is 16.5. The summed E-state index contributed by atoms with van der Waals surface area (Å²) in [6.45, 7) is 5.73. The van der Waals surface area contributed by atoms with Crippen LogP contribution in [0.15, 0.2) is 48.5 Å². The molecule has 0 radical (unpaired) electrons. The van der Waals surface area contributed by atoms with Gasteiger partial charge < -0.3 is 15.4 Å². The Morgan fingerprint density at radius 2 is 1.92 bits per heavy atom. The molecule has 0 saturated carbocycles. The van der Waals surface area contributed by atoms with Gasteiger partial charge in [-0.15, -0.1) is 0 Å². The van der Waals surface area contributed by atoms with Gasteiger partial charge in [-0.25, -0.2) is 0 Å². The van der Waals surface area contributed by atoms with Crippen molar-refractivity contribution >= 4 is 11.6 Å². The second-order valence-corrected chi connectivity index (χ2v) is 6.86. The Kier molecular flexibility index (Phi) is 5.84. The summed E-state index contributed by atoms with van der Waals surface area (Å²) >= 11 is 0. The van der Waals surface area contributed by atoms with Gasteiger partial charge in [0.2, 0.25) is 0 Å². The fraction of sp³-hybridized carbons (Fsp3) is 0.381. The quantitative estimate of drug-likeness (QED) is 0.850. The Morgan fingerprint density at radius 3 is 2.56 bits per heavy atom. The second kappa shape index (κ2) is 8.28. The lowest BCUT2D eigenvalue weighted by Crippen LogP contribution is -2.89. The maximum atomic E-state index is 13.0. The van der Waals surface area contributed by atoms with Crippen LogP contribution in [0.1, 0.15) is 35.6 Å². The summed E-state index contributed by atoms with van der Waals surface area (Å²) in [5, 5.41) is 5.19. The van der Waals surface area contributed by atoms with E-state index >= 15 is 0 Å². The lowest BCUT2D eigenvalue weighted by atomic mass is 10.0. The Bertz CT molecular complexity index is 689. The van der Waals surface area contributed by atoms with Gasteiger partial charge >= 0.3 is 0 Å². The third-order valence-corrected chi connectivity index (χ3v) is 4.59. The van der Waals surface area contributed by atoms with E-state index < -0.39 is 0 Å². The van der Waals surface area contributed by atoms with Gasteiger partial charge in [-0.2, -0.15) is 0 Å². The van der Waals surface area contributed by atoms with Gasteiger partial charge in [0.05, 0.1) is 0 Å². The molecule has 2 aromatic rings. The zero-order valence-corrected chi connectivity index (χ0v) is 15.0. The van der Waals surface area contributed by atoms with Crippen LogP contribution in [0.5, 0.6) is 0 Å². The molecule has 0 aromatic heterocycles. The maximum Gasteiger partial charge on any atom is 0.287 e. The molecule has 4 nitrogen and oxygen atoms in total. The van der Waals surface area contributed by atoms with E-state index in [0.29, 0.717) is 0 Å². The summed E-state index contributed by atoms with van der Waals surface area (Å²) in [6, 6.07) is 15.8. The number of nitrogens with two attached hydrogens (primary N) is 1. The molecule has 3 rings (SSSR count). The van der Waals surface area contributed by atoms with Gasteiger partial charge in [0.1, 0.15) is 12.6 Å². The largest absolute Gasteiger partial charge is 0.372 e. The van der Waals surface area contributed by atoms with E-state index in [1.54, 1.807) is 0 Å². The van der Waals surface area contributed by atoms with Crippen LogP contribution >= 0.6 is 0 Å². The van der Waals surface area contributed by atoms with Crippen molar-refractivity contribution < 1.29 is 14.8 Å². The number of rotatable bonds is 6. The Balaban J connectivity index is 1.73. The van der Waals surface area contributed by atoms with Gasteiger partial charge in [-0.1, -0.05) is 36.4 Å². The van der Waals surface area contributed by atoms with E-state index in [-0.39, 0.29) is 18.1 Å². The topological polar surface area (TPSA) is 54.9 Å². The van der Waals surface area contributed by atoms with Crippen LogP contribution in [-0.4, -0.2) is 25.2 Å². The minimum Gasteiger partial charge on any atom is -0.372 e. The van der Waals surface area contributed by atoms with Crippen molar-refractivity contribution in [2.75, 3.05) is 18.5 Å². The summed E-state index contributed by atoms with van der Waals surface area (Å²) in [5.74, 6) is 0.00852. The second-order valence-electron chi connectivity index (χ2n) is 6.86. The van der Waals surface area contributed by atoms with Crippen molar-refractivity contribution in [3.8, 4) is 0 Å². The van der Waals surface area contributed by atoms with Crippen molar-refractivity contribution in [1.29, 1.82) is 0 Å². The number of nitrogens with one attached hydrogen (secondary N) is 1. The number of hydrogen-bond acceptors (Lipinski definition) is 2. The molecule has 1 fully saturated rings. The molecule has 3 N–H and O–H groups in total. The van der Waals surface area contributed by atoms with Gasteiger partial charge in [0, 0.05) is 17.9 Å². The molecular weight excluding hydrogens is 312 g/mol. The average molecular weight is 339 g/mol. The van der Waals surface area contributed by atoms with Crippen LogP contribution in [0.3, 0.4) is 0 Å². The third-order valence-electron chi connectivity index (χ3n) is 4.59. The highest BCUT2D eigenvalue weighted by Gasteiger charge is 2.27. The van der Waals surface area contributed by atoms with Crippen LogP contribution < -0.4 is 10.6 Å². The molecule has 2 atom stereocenters. The number of aryl methyl sites for hydroxylation is 2. The van der Waals surface area contributed by atoms with E-state index in [0.717, 1.165) is 48.4 Å². The summed E-state index contributed by atoms with van der Waals surface area (Å²) in [5.41, 5.74) is 4.17. The fourth-order valence-corrected chi connectivity index (χ4v) is 3.44. The Labute approximate surface area is 149 Å². The molecule has 1 saturated heterocycles. The normalized spacial score (nSPS) is 18.1. The van der Waals surface area contributed by atoms with Gasteiger partial charge in [0.15, 0.2) is 6.04 Å². The number of benzene rings is 2. The molecule has 132 valence electrons. The fourth-order valence-electron chi connectivity index (χ4n) is 3.44. The summed E-state index contributed by atoms with van der Waals surface area (Å²) in [7, 11) is 0. The first kappa shape index (κ1) is 17.6. The van der Waals surface area contributed by atoms with Crippen molar-refractivity contribution in [3.63, 3.8) is 0 Å². The zero-order chi connectivity index (χ0) is 17.6. The molecule has 0 bridgehead atoms. The highest BCUT2D eigenvalue weighted by molar-refractivity contribution is 5.94. The van der Waals surface area contributed by atoms with Crippen molar-refractivity contribution in [1.82, 2.24) is 0 Å². The predicted molar refractivity (Wildman–Crippen MR) is 99.5 cm³/mol. The monoisotopic (exact) mass is 339 g/mol. The van der Waals surface area contributed by atoms with Crippen LogP contribution in [0.4, 0.5) is 5.69 Å². The first-order valence-electron chi connectivity index (χ1n) is 9.01. The molecule has 4 heteroatoms. The van der Waals surface area contributed by atoms with Crippen molar-refractivity contribution in [3.05, 3.63) is 65.2 Å². The molecule has 0 unspecified atom stereocenters. The van der Waals surface area contributed by atoms with E-state index in [1.807, 2.05) is 56.3 Å². The Morgan fingerprint density at radius 1 is 1.20 bits per heavy atom. The third kappa shape index (κ3) is 4.91. The molecule has 1 heterocycles. The first-order valence-corrected chi connectivity index (χ1v) is 9.01. The van der Waals surface area contributed by atoms with Crippen molar-refractivity contribution in [2.24, 2.45) is 0 Å². The summed E-state index contributed by atoms with van der Waals surface area (Å²) < 4.78 is 5.71. The SMILES string of the molecule is Cc1cc(C)cc(NC(=O)[C@@H]([NH2+]C[C@@H]2CCCO2)c2ccccc2)c1. The van der Waals surface area contributed by atoms with E-state index in [2.05, 4.69) is 16.7 Å². The van der Waals surface area contributed by atoms with Gasteiger partial charge in [-0.3, -0.25) is 4.79 Å². The van der Waals surface area contributed by atoms with Gasteiger partial charge in [-0.05, 0) is 49.9 Å². The number of carbonyl (C=O) groups is 1. The lowest BCUT2D eigenvalue weighted by molar-refractivity contribution is -0.687. The molecule has 1 aliphatic heterocycles. The Hall–Kier alpha value is -2.17. The number of hydrogen-bond donors (Lipinski definition) is 2. The lowest BCUT2D eigenvalue weighted by Gasteiger charge is -2.18. The maximum absolute atomic E-state index is 13.0. The smallest absolute Gasteiger partial charge is 0.287 e. The molecule has 1 amide bonds. The van der Waals surface area contributed by atoms with Crippen LogP contribution in [0, 0.1) is 13.8 Å². The number of amides is 1. The molecule has 2 aromatic carbocycles. The molecule has 1 aliphatic rings. The first-order chi connectivity index (χ1) is 12.1. The molecule has 0 aliphatic carbocycles. The molecular formula is C21H27N2O2+. The number of quaternary nitrogens is 1. The average Bonchev–Trinajstić information content (AvgIpc) is 3.08. The minimum atomic E-state index is -0.272. The van der Waals surface area contributed by atoms with Crippen LogP contribution in [0.2, 0.25) is 0 Å². The van der Waals surface area contributed by atoms with E-state index in [4.69, 9.17) is 4.74 Å². The zero-order valence-electron chi connectivity index (χ0n) is 15.0. The number of ether oxygens (including phenoxy) is 1. The van der Waals surface area contributed by atoms with Crippen LogP contribution in [-0.2, 0) is 9.53 Å². The summed E-state index contributed by atoms with van der Waals surface area (Å²) in [4.78, 5) is 13.0. The van der Waals surface area contributed by atoms with Crippen molar-refractivity contribution in [2.45, 2.75) is 38.8 Å². The summed E-state index contributed by atoms with van der Waals surface area (Å²) in [6.07, 6.45) is 2.44.